The molecule has 2 aliphatic heterocycles. The highest BCUT2D eigenvalue weighted by molar-refractivity contribution is 7.88. The van der Waals surface area contributed by atoms with Gasteiger partial charge in [-0.2, -0.15) is 0 Å². The minimum absolute atomic E-state index is 0.0692. The first-order valence-corrected chi connectivity index (χ1v) is 8.14. The maximum atomic E-state index is 12.1. The number of amides is 1. The number of β-amino-alcohol motifs (C(OH)–C–C–N with tert-alkyl or cyclic N) is 1. The Morgan fingerprint density at radius 1 is 1.17 bits per heavy atom. The van der Waals surface area contributed by atoms with Crippen LogP contribution in [0.2, 0.25) is 0 Å². The van der Waals surface area contributed by atoms with Crippen LogP contribution in [-0.4, -0.2) is 67.2 Å². The second kappa shape index (κ2) is 5.14. The average Bonchev–Trinajstić information content (AvgIpc) is 2.74. The molecular formula is C11H20N2O4S. The molecule has 0 spiro atoms. The first kappa shape index (κ1) is 13.8. The van der Waals surface area contributed by atoms with Crippen molar-refractivity contribution in [2.45, 2.75) is 25.4 Å². The molecule has 0 aromatic heterocycles. The Hall–Kier alpha value is -0.660. The van der Waals surface area contributed by atoms with E-state index in [0.29, 0.717) is 45.4 Å². The molecule has 2 fully saturated rings. The van der Waals surface area contributed by atoms with Gasteiger partial charge in [-0.1, -0.05) is 0 Å². The summed E-state index contributed by atoms with van der Waals surface area (Å²) < 4.78 is 24.1. The minimum atomic E-state index is -3.13. The van der Waals surface area contributed by atoms with E-state index in [1.165, 1.54) is 10.6 Å². The summed E-state index contributed by atoms with van der Waals surface area (Å²) in [5, 5.41) is 9.41. The summed E-state index contributed by atoms with van der Waals surface area (Å²) in [6.07, 6.45) is 2.61. The number of likely N-dealkylation sites (tertiary alicyclic amines) is 1. The molecule has 0 unspecified atom stereocenters. The standard InChI is InChI=1S/C11H20N2O4S/c1-18(16,17)13-6-2-9(3-7-13)11(15)12-5-4-10(14)8-12/h9-10,14H,2-8H2,1H3/t10-/m1/s1. The number of carbonyl (C=O) groups excluding carboxylic acids is 1. The zero-order valence-corrected chi connectivity index (χ0v) is 11.4. The summed E-state index contributed by atoms with van der Waals surface area (Å²) in [6.45, 7) is 1.88. The number of nitrogens with zero attached hydrogens (tertiary/aromatic N) is 2. The van der Waals surface area contributed by atoms with Crippen molar-refractivity contribution in [2.24, 2.45) is 5.92 Å². The maximum Gasteiger partial charge on any atom is 0.225 e. The molecule has 0 radical (unpaired) electrons. The third-order valence-corrected chi connectivity index (χ3v) is 5.05. The lowest BCUT2D eigenvalue weighted by Crippen LogP contribution is -2.43. The summed E-state index contributed by atoms with van der Waals surface area (Å²) in [6, 6.07) is 0. The third kappa shape index (κ3) is 3.02. The van der Waals surface area contributed by atoms with Crippen LogP contribution in [0.1, 0.15) is 19.3 Å². The van der Waals surface area contributed by atoms with Gasteiger partial charge in [0.2, 0.25) is 15.9 Å². The molecule has 2 heterocycles. The zero-order chi connectivity index (χ0) is 13.3. The molecule has 1 amide bonds. The van der Waals surface area contributed by atoms with Crippen molar-refractivity contribution in [2.75, 3.05) is 32.4 Å². The Morgan fingerprint density at radius 2 is 1.78 bits per heavy atom. The fourth-order valence-corrected chi connectivity index (χ4v) is 3.51. The molecule has 1 N–H and O–H groups in total. The summed E-state index contributed by atoms with van der Waals surface area (Å²) in [4.78, 5) is 13.8. The Bertz CT molecular complexity index is 415. The SMILES string of the molecule is CS(=O)(=O)N1CCC(C(=O)N2CC[C@@H](O)C2)CC1. The first-order valence-electron chi connectivity index (χ1n) is 6.30. The van der Waals surface area contributed by atoms with E-state index in [0.717, 1.165) is 0 Å². The van der Waals surface area contributed by atoms with Crippen molar-refractivity contribution in [3.05, 3.63) is 0 Å². The van der Waals surface area contributed by atoms with E-state index in [2.05, 4.69) is 0 Å². The number of carbonyl (C=O) groups is 1. The lowest BCUT2D eigenvalue weighted by atomic mass is 9.97. The monoisotopic (exact) mass is 276 g/mol. The van der Waals surface area contributed by atoms with Gasteiger partial charge < -0.3 is 10.0 Å². The zero-order valence-electron chi connectivity index (χ0n) is 10.6. The van der Waals surface area contributed by atoms with Crippen LogP contribution in [-0.2, 0) is 14.8 Å². The van der Waals surface area contributed by atoms with E-state index in [-0.39, 0.29) is 11.8 Å². The molecule has 7 heteroatoms. The predicted molar refractivity (Wildman–Crippen MR) is 66.3 cm³/mol. The molecule has 0 bridgehead atoms. The number of aliphatic hydroxyl groups excluding tert-OH is 1. The van der Waals surface area contributed by atoms with Gasteiger partial charge >= 0.3 is 0 Å². The van der Waals surface area contributed by atoms with E-state index >= 15 is 0 Å². The number of hydrogen-bond donors (Lipinski definition) is 1. The number of hydrogen-bond acceptors (Lipinski definition) is 4. The summed E-state index contributed by atoms with van der Waals surface area (Å²) in [7, 11) is -3.13. The van der Waals surface area contributed by atoms with Crippen LogP contribution >= 0.6 is 0 Å². The quantitative estimate of drug-likeness (QED) is 0.720. The highest BCUT2D eigenvalue weighted by Crippen LogP contribution is 2.23. The lowest BCUT2D eigenvalue weighted by Gasteiger charge is -2.31. The van der Waals surface area contributed by atoms with Crippen molar-refractivity contribution in [3.8, 4) is 0 Å². The molecule has 1 atom stereocenters. The lowest BCUT2D eigenvalue weighted by molar-refractivity contribution is -0.136. The number of sulfonamides is 1. The Balaban J connectivity index is 1.88. The van der Waals surface area contributed by atoms with Gasteiger partial charge in [-0.3, -0.25) is 4.79 Å². The van der Waals surface area contributed by atoms with E-state index in [1.807, 2.05) is 0 Å². The molecule has 104 valence electrons. The largest absolute Gasteiger partial charge is 0.391 e. The van der Waals surface area contributed by atoms with Gasteiger partial charge in [0.25, 0.3) is 0 Å². The van der Waals surface area contributed by atoms with Gasteiger partial charge in [-0.05, 0) is 19.3 Å². The van der Waals surface area contributed by atoms with Crippen molar-refractivity contribution in [3.63, 3.8) is 0 Å². The fraction of sp³-hybridized carbons (Fsp3) is 0.909. The third-order valence-electron chi connectivity index (χ3n) is 3.75. The van der Waals surface area contributed by atoms with Gasteiger partial charge in [0.05, 0.1) is 12.4 Å². The Kier molecular flexibility index (Phi) is 3.93. The molecule has 6 nitrogen and oxygen atoms in total. The highest BCUT2D eigenvalue weighted by atomic mass is 32.2. The first-order chi connectivity index (χ1) is 8.38. The Morgan fingerprint density at radius 3 is 2.22 bits per heavy atom. The van der Waals surface area contributed by atoms with E-state index in [1.54, 1.807) is 4.90 Å². The van der Waals surface area contributed by atoms with E-state index in [4.69, 9.17) is 0 Å². The number of rotatable bonds is 2. The average molecular weight is 276 g/mol. The van der Waals surface area contributed by atoms with E-state index in [9.17, 15) is 18.3 Å². The highest BCUT2D eigenvalue weighted by Gasteiger charge is 2.33. The van der Waals surface area contributed by atoms with Crippen molar-refractivity contribution in [1.29, 1.82) is 0 Å². The van der Waals surface area contributed by atoms with Gasteiger partial charge in [0, 0.05) is 32.1 Å². The van der Waals surface area contributed by atoms with Crippen LogP contribution in [0.15, 0.2) is 0 Å². The van der Waals surface area contributed by atoms with Crippen molar-refractivity contribution >= 4 is 15.9 Å². The molecule has 2 rings (SSSR count). The van der Waals surface area contributed by atoms with Crippen LogP contribution in [0.5, 0.6) is 0 Å². The van der Waals surface area contributed by atoms with E-state index < -0.39 is 16.1 Å². The van der Waals surface area contributed by atoms with Crippen molar-refractivity contribution < 1.29 is 18.3 Å². The van der Waals surface area contributed by atoms with Gasteiger partial charge in [0.1, 0.15) is 0 Å². The number of piperidine rings is 1. The molecule has 0 saturated carbocycles. The molecule has 0 aromatic rings. The fourth-order valence-electron chi connectivity index (χ4n) is 2.63. The van der Waals surface area contributed by atoms with Crippen LogP contribution < -0.4 is 0 Å². The molecular weight excluding hydrogens is 256 g/mol. The number of aliphatic hydroxyl groups is 1. The molecule has 0 aliphatic carbocycles. The maximum absolute atomic E-state index is 12.1. The van der Waals surface area contributed by atoms with Gasteiger partial charge in [-0.15, -0.1) is 0 Å². The van der Waals surface area contributed by atoms with Crippen LogP contribution in [0.4, 0.5) is 0 Å². The van der Waals surface area contributed by atoms with Crippen LogP contribution in [0, 0.1) is 5.92 Å². The second-order valence-corrected chi connectivity index (χ2v) is 7.15. The van der Waals surface area contributed by atoms with Gasteiger partial charge in [-0.25, -0.2) is 12.7 Å². The van der Waals surface area contributed by atoms with Gasteiger partial charge in [0.15, 0.2) is 0 Å². The predicted octanol–water partition coefficient (Wildman–Crippen LogP) is -0.749. The van der Waals surface area contributed by atoms with Crippen LogP contribution in [0.25, 0.3) is 0 Å². The summed E-state index contributed by atoms with van der Waals surface area (Å²) in [5.74, 6) is -0.0204. The van der Waals surface area contributed by atoms with Crippen molar-refractivity contribution in [1.82, 2.24) is 9.21 Å². The van der Waals surface area contributed by atoms with Crippen LogP contribution in [0.3, 0.4) is 0 Å². The smallest absolute Gasteiger partial charge is 0.225 e. The summed E-state index contributed by atoms with van der Waals surface area (Å²) >= 11 is 0. The topological polar surface area (TPSA) is 77.9 Å². The normalized spacial score (nSPS) is 27.7. The minimum Gasteiger partial charge on any atom is -0.391 e. The molecule has 18 heavy (non-hydrogen) atoms. The Labute approximate surface area is 108 Å². The second-order valence-electron chi connectivity index (χ2n) is 5.16. The molecule has 2 saturated heterocycles. The molecule has 0 aromatic carbocycles. The molecule has 2 aliphatic rings. The summed E-state index contributed by atoms with van der Waals surface area (Å²) in [5.41, 5.74) is 0.